The lowest BCUT2D eigenvalue weighted by Crippen LogP contribution is -2.60. The number of nitrogens with zero attached hydrogens (tertiary/aromatic N) is 4. The van der Waals surface area contributed by atoms with Crippen molar-refractivity contribution in [2.75, 3.05) is 6.61 Å². The first kappa shape index (κ1) is 18.8. The van der Waals surface area contributed by atoms with Crippen molar-refractivity contribution in [3.63, 3.8) is 0 Å². The molecule has 2 bridgehead atoms. The highest BCUT2D eigenvalue weighted by molar-refractivity contribution is 5.98. The number of aromatic nitrogens is 3. The fourth-order valence-corrected chi connectivity index (χ4v) is 4.59. The molecule has 1 unspecified atom stereocenters. The molecular formula is C23H23FN4O2. The van der Waals surface area contributed by atoms with E-state index >= 15 is 0 Å². The van der Waals surface area contributed by atoms with Crippen molar-refractivity contribution in [3.8, 4) is 11.4 Å². The Balaban J connectivity index is 1.42. The number of carbonyl (C=O) groups is 1. The van der Waals surface area contributed by atoms with Crippen LogP contribution in [0.3, 0.4) is 0 Å². The Hall–Kier alpha value is -3.22. The van der Waals surface area contributed by atoms with Crippen LogP contribution in [-0.2, 0) is 0 Å². The fraction of sp³-hybridized carbons (Fsp3) is 0.348. The summed E-state index contributed by atoms with van der Waals surface area (Å²) < 4.78 is 19.1. The van der Waals surface area contributed by atoms with Gasteiger partial charge in [0.1, 0.15) is 18.2 Å². The number of piperidine rings is 2. The van der Waals surface area contributed by atoms with Gasteiger partial charge in [-0.1, -0.05) is 11.6 Å². The van der Waals surface area contributed by atoms with E-state index in [4.69, 9.17) is 4.74 Å². The van der Waals surface area contributed by atoms with Gasteiger partial charge >= 0.3 is 0 Å². The van der Waals surface area contributed by atoms with Gasteiger partial charge in [-0.05, 0) is 68.5 Å². The number of aryl methyl sites for hydroxylation is 1. The van der Waals surface area contributed by atoms with Crippen LogP contribution < -0.4 is 4.74 Å². The maximum atomic E-state index is 13.7. The summed E-state index contributed by atoms with van der Waals surface area (Å²) in [6.45, 7) is 2.37. The van der Waals surface area contributed by atoms with Crippen LogP contribution in [0.2, 0.25) is 0 Å². The summed E-state index contributed by atoms with van der Waals surface area (Å²) in [6.07, 6.45) is 6.21. The topological polar surface area (TPSA) is 60.2 Å². The molecule has 2 aliphatic heterocycles. The Morgan fingerprint density at radius 1 is 1.10 bits per heavy atom. The monoisotopic (exact) mass is 406 g/mol. The van der Waals surface area contributed by atoms with Crippen LogP contribution in [0.4, 0.5) is 4.39 Å². The molecule has 3 fully saturated rings. The van der Waals surface area contributed by atoms with Crippen LogP contribution in [0, 0.1) is 18.7 Å². The normalized spacial score (nSPS) is 22.5. The van der Waals surface area contributed by atoms with Gasteiger partial charge in [0.15, 0.2) is 0 Å². The van der Waals surface area contributed by atoms with Crippen LogP contribution in [0.1, 0.15) is 35.2 Å². The minimum Gasteiger partial charge on any atom is -0.491 e. The van der Waals surface area contributed by atoms with Gasteiger partial charge < -0.3 is 9.64 Å². The van der Waals surface area contributed by atoms with Crippen molar-refractivity contribution in [2.24, 2.45) is 5.92 Å². The molecule has 1 saturated carbocycles. The summed E-state index contributed by atoms with van der Waals surface area (Å²) in [4.78, 5) is 17.2. The summed E-state index contributed by atoms with van der Waals surface area (Å²) >= 11 is 0. The summed E-state index contributed by atoms with van der Waals surface area (Å²) in [5.74, 6) is 0.949. The molecule has 3 aliphatic rings. The van der Waals surface area contributed by atoms with E-state index in [-0.39, 0.29) is 23.8 Å². The maximum Gasteiger partial charge on any atom is 0.256 e. The highest BCUT2D eigenvalue weighted by Crippen LogP contribution is 2.43. The van der Waals surface area contributed by atoms with E-state index in [1.165, 1.54) is 16.9 Å². The molecule has 30 heavy (non-hydrogen) atoms. The second kappa shape index (κ2) is 7.55. The first-order valence-corrected chi connectivity index (χ1v) is 10.3. The van der Waals surface area contributed by atoms with Gasteiger partial charge in [-0.2, -0.15) is 15.0 Å². The van der Waals surface area contributed by atoms with E-state index in [9.17, 15) is 9.18 Å². The van der Waals surface area contributed by atoms with Crippen molar-refractivity contribution in [1.29, 1.82) is 0 Å². The van der Waals surface area contributed by atoms with Crippen LogP contribution in [0.15, 0.2) is 54.9 Å². The van der Waals surface area contributed by atoms with E-state index in [0.717, 1.165) is 24.8 Å². The molecule has 1 amide bonds. The quantitative estimate of drug-likeness (QED) is 0.647. The van der Waals surface area contributed by atoms with E-state index in [1.54, 1.807) is 24.5 Å². The largest absolute Gasteiger partial charge is 0.491 e. The van der Waals surface area contributed by atoms with Gasteiger partial charge in [-0.25, -0.2) is 4.39 Å². The molecule has 6 nitrogen and oxygen atoms in total. The zero-order chi connectivity index (χ0) is 20.7. The Morgan fingerprint density at radius 2 is 1.83 bits per heavy atom. The molecule has 3 aromatic rings. The van der Waals surface area contributed by atoms with Crippen LogP contribution in [0.5, 0.6) is 5.75 Å². The summed E-state index contributed by atoms with van der Waals surface area (Å²) in [5.41, 5.74) is 2.29. The molecule has 0 radical (unpaired) electrons. The average molecular weight is 406 g/mol. The Kier molecular flexibility index (Phi) is 4.73. The third-order valence-electron chi connectivity index (χ3n) is 6.11. The molecule has 0 spiro atoms. The van der Waals surface area contributed by atoms with E-state index in [1.807, 2.05) is 30.0 Å². The van der Waals surface area contributed by atoms with Crippen LogP contribution >= 0.6 is 0 Å². The standard InChI is InChI=1S/C23H23FN4O2/c1-15-2-7-22(28-25-8-9-26-28)21(10-15)23(29)27-18-11-16(12-18)13-19(27)14-30-20-5-3-17(24)4-6-20/h2-10,16,18-19H,11-14H2,1H3. The molecule has 3 heterocycles. The van der Waals surface area contributed by atoms with Gasteiger partial charge in [-0.3, -0.25) is 4.79 Å². The predicted octanol–water partition coefficient (Wildman–Crippen LogP) is 3.79. The fourth-order valence-electron chi connectivity index (χ4n) is 4.59. The first-order valence-electron chi connectivity index (χ1n) is 10.3. The Morgan fingerprint density at radius 3 is 2.57 bits per heavy atom. The molecule has 1 atom stereocenters. The van der Waals surface area contributed by atoms with E-state index < -0.39 is 0 Å². The minimum absolute atomic E-state index is 0.0122. The summed E-state index contributed by atoms with van der Waals surface area (Å²) in [5, 5.41) is 8.43. The second-order valence-electron chi connectivity index (χ2n) is 8.20. The molecule has 1 aliphatic carbocycles. The molecule has 6 rings (SSSR count). The van der Waals surface area contributed by atoms with Crippen LogP contribution in [0.25, 0.3) is 5.69 Å². The van der Waals surface area contributed by atoms with Crippen LogP contribution in [-0.4, -0.2) is 44.5 Å². The Labute approximate surface area is 174 Å². The Bertz CT molecular complexity index is 1050. The number of hydrogen-bond donors (Lipinski definition) is 0. The number of benzene rings is 2. The number of amides is 1. The second-order valence-corrected chi connectivity index (χ2v) is 8.20. The SMILES string of the molecule is Cc1ccc(-n2nccn2)c(C(=O)N2C(COc3ccc(F)cc3)CC3CC2C3)c1. The minimum atomic E-state index is -0.294. The number of rotatable bonds is 5. The lowest BCUT2D eigenvalue weighted by Gasteiger charge is -2.53. The van der Waals surface area contributed by atoms with E-state index in [2.05, 4.69) is 10.2 Å². The number of carbonyl (C=O) groups excluding carboxylic acids is 1. The van der Waals surface area contributed by atoms with Crippen molar-refractivity contribution in [1.82, 2.24) is 19.9 Å². The van der Waals surface area contributed by atoms with Gasteiger partial charge in [0.2, 0.25) is 0 Å². The number of fused-ring (bicyclic) bond motifs is 2. The molecule has 2 saturated heterocycles. The van der Waals surface area contributed by atoms with Crippen molar-refractivity contribution in [2.45, 2.75) is 38.3 Å². The third-order valence-corrected chi connectivity index (χ3v) is 6.11. The first-order chi connectivity index (χ1) is 14.6. The van der Waals surface area contributed by atoms with Crippen molar-refractivity contribution < 1.29 is 13.9 Å². The molecule has 1 aromatic heterocycles. The van der Waals surface area contributed by atoms with Gasteiger partial charge in [0.05, 0.1) is 29.7 Å². The lowest BCUT2D eigenvalue weighted by atomic mass is 9.70. The highest BCUT2D eigenvalue weighted by Gasteiger charge is 2.47. The maximum absolute atomic E-state index is 13.7. The zero-order valence-electron chi connectivity index (χ0n) is 16.7. The van der Waals surface area contributed by atoms with E-state index in [0.29, 0.717) is 29.5 Å². The van der Waals surface area contributed by atoms with Crippen molar-refractivity contribution >= 4 is 5.91 Å². The molecule has 2 aromatic carbocycles. The average Bonchev–Trinajstić information content (AvgIpc) is 3.26. The molecular weight excluding hydrogens is 383 g/mol. The molecule has 154 valence electrons. The smallest absolute Gasteiger partial charge is 0.256 e. The predicted molar refractivity (Wildman–Crippen MR) is 109 cm³/mol. The molecule has 7 heteroatoms. The summed E-state index contributed by atoms with van der Waals surface area (Å²) in [7, 11) is 0. The van der Waals surface area contributed by atoms with Gasteiger partial charge in [-0.15, -0.1) is 0 Å². The zero-order valence-corrected chi connectivity index (χ0v) is 16.7. The summed E-state index contributed by atoms with van der Waals surface area (Å²) in [6, 6.07) is 12.0. The molecule has 0 N–H and O–H groups in total. The number of ether oxygens (including phenoxy) is 1. The highest BCUT2D eigenvalue weighted by atomic mass is 19.1. The van der Waals surface area contributed by atoms with Gasteiger partial charge in [0, 0.05) is 6.04 Å². The lowest BCUT2D eigenvalue weighted by molar-refractivity contribution is -0.0306. The number of hydrogen-bond acceptors (Lipinski definition) is 4. The third kappa shape index (κ3) is 3.44. The van der Waals surface area contributed by atoms with Crippen molar-refractivity contribution in [3.05, 3.63) is 71.8 Å². The number of halogens is 1. The van der Waals surface area contributed by atoms with Gasteiger partial charge in [0.25, 0.3) is 5.91 Å².